The van der Waals surface area contributed by atoms with Crippen molar-refractivity contribution in [3.8, 4) is 5.75 Å². The lowest BCUT2D eigenvalue weighted by Gasteiger charge is -2.13. The van der Waals surface area contributed by atoms with Crippen molar-refractivity contribution in [3.63, 3.8) is 0 Å². The van der Waals surface area contributed by atoms with Crippen molar-refractivity contribution in [2.75, 3.05) is 19.8 Å². The van der Waals surface area contributed by atoms with Crippen LogP contribution < -0.4 is 4.74 Å². The molecule has 0 bridgehead atoms. The molecule has 0 heterocycles. The minimum Gasteiger partial charge on any atom is -0.460 e. The topological polar surface area (TPSA) is 108 Å². The molecule has 0 radical (unpaired) electrons. The molecule has 1 aromatic carbocycles. The maximum absolute atomic E-state index is 12.3. The van der Waals surface area contributed by atoms with Crippen molar-refractivity contribution >= 4 is 17.9 Å². The molecule has 0 aromatic heterocycles. The Balaban J connectivity index is 2.46. The number of halogens is 3. The van der Waals surface area contributed by atoms with Gasteiger partial charge in [-0.05, 0) is 19.1 Å². The highest BCUT2D eigenvalue weighted by Gasteiger charge is 2.33. The molecule has 0 aliphatic rings. The van der Waals surface area contributed by atoms with Gasteiger partial charge in [0.1, 0.15) is 30.6 Å². The molecule has 1 aromatic rings. The van der Waals surface area contributed by atoms with Gasteiger partial charge < -0.3 is 24.1 Å². The molecule has 1 rings (SSSR count). The molecule has 0 saturated carbocycles. The molecule has 0 amide bonds. The summed E-state index contributed by atoms with van der Waals surface area (Å²) in [5.74, 6) is -3.84. The number of alkyl halides is 3. The molecule has 8 nitrogen and oxygen atoms in total. The van der Waals surface area contributed by atoms with Crippen molar-refractivity contribution in [3.05, 3.63) is 42.0 Å². The smallest absolute Gasteiger partial charge is 0.460 e. The average molecular weight is 406 g/mol. The maximum Gasteiger partial charge on any atom is 0.573 e. The zero-order valence-electron chi connectivity index (χ0n) is 14.7. The van der Waals surface area contributed by atoms with Gasteiger partial charge in [-0.1, -0.05) is 18.7 Å². The van der Waals surface area contributed by atoms with Gasteiger partial charge in [-0.3, -0.25) is 0 Å². The van der Waals surface area contributed by atoms with Gasteiger partial charge in [0.2, 0.25) is 0 Å². The van der Waals surface area contributed by atoms with Crippen LogP contribution in [0.4, 0.5) is 13.2 Å². The first-order valence-electron chi connectivity index (χ1n) is 7.68. The maximum atomic E-state index is 12.3. The van der Waals surface area contributed by atoms with E-state index in [0.717, 1.165) is 12.1 Å². The van der Waals surface area contributed by atoms with E-state index in [1.807, 2.05) is 0 Å². The first-order valence-corrected chi connectivity index (χ1v) is 7.68. The number of hydrogen-bond acceptors (Lipinski definition) is 8. The molecule has 1 atom stereocenters. The average Bonchev–Trinajstić information content (AvgIpc) is 2.61. The highest BCUT2D eigenvalue weighted by atomic mass is 19.4. The van der Waals surface area contributed by atoms with Gasteiger partial charge in [0.05, 0.1) is 0 Å². The molecule has 0 spiro atoms. The zero-order chi connectivity index (χ0) is 21.3. The summed E-state index contributed by atoms with van der Waals surface area (Å²) in [6, 6.07) is 4.42. The van der Waals surface area contributed by atoms with E-state index < -0.39 is 61.5 Å². The molecule has 0 saturated heterocycles. The summed E-state index contributed by atoms with van der Waals surface area (Å²) < 4.78 is 54.5. The van der Waals surface area contributed by atoms with Gasteiger partial charge in [-0.2, -0.15) is 0 Å². The third kappa shape index (κ3) is 8.54. The lowest BCUT2D eigenvalue weighted by atomic mass is 10.2. The molecule has 0 aliphatic heterocycles. The summed E-state index contributed by atoms with van der Waals surface area (Å²) in [4.78, 5) is 34.5. The van der Waals surface area contributed by atoms with Crippen LogP contribution in [0.1, 0.15) is 17.3 Å². The van der Waals surface area contributed by atoms with Crippen molar-refractivity contribution in [1.29, 1.82) is 0 Å². The summed E-state index contributed by atoms with van der Waals surface area (Å²) in [6.07, 6.45) is -6.34. The zero-order valence-corrected chi connectivity index (χ0v) is 14.7. The van der Waals surface area contributed by atoms with E-state index in [1.165, 1.54) is 19.1 Å². The number of carbonyl (C=O) groups is 3. The van der Waals surface area contributed by atoms with Crippen molar-refractivity contribution < 1.29 is 51.6 Å². The fraction of sp³-hybridized carbons (Fsp3) is 0.353. The van der Waals surface area contributed by atoms with Crippen LogP contribution in [0.25, 0.3) is 0 Å². The molecule has 11 heteroatoms. The molecule has 0 fully saturated rings. The predicted octanol–water partition coefficient (Wildman–Crippen LogP) is 1.77. The van der Waals surface area contributed by atoms with Gasteiger partial charge in [-0.15, -0.1) is 13.2 Å². The summed E-state index contributed by atoms with van der Waals surface area (Å²) >= 11 is 0. The molecular formula is C17H17F3O8. The second kappa shape index (κ2) is 10.3. The Morgan fingerprint density at radius 1 is 1.11 bits per heavy atom. The quantitative estimate of drug-likeness (QED) is 0.376. The molecule has 28 heavy (non-hydrogen) atoms. The normalized spacial score (nSPS) is 11.9. The van der Waals surface area contributed by atoms with Crippen LogP contribution in [0.2, 0.25) is 0 Å². The van der Waals surface area contributed by atoms with Crippen LogP contribution in [0.15, 0.2) is 36.4 Å². The summed E-state index contributed by atoms with van der Waals surface area (Å²) in [5.41, 5.74) is -0.426. The first-order chi connectivity index (χ1) is 13.0. The Bertz CT molecular complexity index is 729. The van der Waals surface area contributed by atoms with Gasteiger partial charge in [0, 0.05) is 5.57 Å². The van der Waals surface area contributed by atoms with Crippen LogP contribution in [-0.4, -0.2) is 55.3 Å². The van der Waals surface area contributed by atoms with Crippen molar-refractivity contribution in [1.82, 2.24) is 0 Å². The molecule has 1 N–H and O–H groups in total. The second-order valence-electron chi connectivity index (χ2n) is 5.34. The number of hydrogen-bond donors (Lipinski definition) is 1. The third-order valence-corrected chi connectivity index (χ3v) is 2.85. The predicted molar refractivity (Wildman–Crippen MR) is 86.1 cm³/mol. The fourth-order valence-electron chi connectivity index (χ4n) is 1.63. The Labute approximate surface area is 157 Å². The van der Waals surface area contributed by atoms with E-state index in [-0.39, 0.29) is 5.57 Å². The van der Waals surface area contributed by atoms with Gasteiger partial charge in [0.15, 0.2) is 6.61 Å². The minimum absolute atomic E-state index is 0.117. The van der Waals surface area contributed by atoms with Gasteiger partial charge >= 0.3 is 24.3 Å². The Morgan fingerprint density at radius 3 is 2.32 bits per heavy atom. The first kappa shape index (κ1) is 23.0. The number of aliphatic hydroxyl groups excluding tert-OH is 1. The summed E-state index contributed by atoms with van der Waals surface area (Å²) in [6.45, 7) is 2.80. The largest absolute Gasteiger partial charge is 0.573 e. The number of ether oxygens (including phenoxy) is 4. The number of esters is 3. The number of benzene rings is 1. The number of carbonyl (C=O) groups excluding carboxylic acids is 3. The SMILES string of the molecule is C=C(C)C(=O)OCC(O)COC(=O)COC(=O)c1ccccc1OC(F)(F)F. The van der Waals surface area contributed by atoms with E-state index in [4.69, 9.17) is 0 Å². The van der Waals surface area contributed by atoms with Crippen LogP contribution >= 0.6 is 0 Å². The van der Waals surface area contributed by atoms with Crippen LogP contribution in [0.3, 0.4) is 0 Å². The van der Waals surface area contributed by atoms with Crippen LogP contribution in [0, 0.1) is 0 Å². The van der Waals surface area contributed by atoms with Crippen LogP contribution in [0.5, 0.6) is 5.75 Å². The van der Waals surface area contributed by atoms with Crippen molar-refractivity contribution in [2.24, 2.45) is 0 Å². The molecular weight excluding hydrogens is 389 g/mol. The van der Waals surface area contributed by atoms with E-state index in [2.05, 4.69) is 25.5 Å². The lowest BCUT2D eigenvalue weighted by molar-refractivity contribution is -0.274. The Hall–Kier alpha value is -3.08. The van der Waals surface area contributed by atoms with Crippen molar-refractivity contribution in [2.45, 2.75) is 19.4 Å². The fourth-order valence-corrected chi connectivity index (χ4v) is 1.63. The lowest BCUT2D eigenvalue weighted by Crippen LogP contribution is -2.27. The summed E-state index contributed by atoms with van der Waals surface area (Å²) in [5, 5.41) is 9.51. The molecule has 1 unspecified atom stereocenters. The summed E-state index contributed by atoms with van der Waals surface area (Å²) in [7, 11) is 0. The highest BCUT2D eigenvalue weighted by Crippen LogP contribution is 2.26. The number of para-hydroxylation sites is 1. The highest BCUT2D eigenvalue weighted by molar-refractivity contribution is 5.93. The number of aliphatic hydroxyl groups is 1. The standard InChI is InChI=1S/C17H17F3O8/c1-10(2)15(23)26-8-11(21)7-25-14(22)9-27-16(24)12-5-3-4-6-13(12)28-17(18,19)20/h3-6,11,21H,1,7-9H2,2H3. The van der Waals surface area contributed by atoms with E-state index >= 15 is 0 Å². The second-order valence-corrected chi connectivity index (χ2v) is 5.34. The monoisotopic (exact) mass is 406 g/mol. The minimum atomic E-state index is -5.01. The van der Waals surface area contributed by atoms with E-state index in [9.17, 15) is 32.7 Å². The van der Waals surface area contributed by atoms with Gasteiger partial charge in [0.25, 0.3) is 0 Å². The van der Waals surface area contributed by atoms with Gasteiger partial charge in [-0.25, -0.2) is 14.4 Å². The molecule has 0 aliphatic carbocycles. The van der Waals surface area contributed by atoms with E-state index in [1.54, 1.807) is 0 Å². The molecule has 154 valence electrons. The third-order valence-electron chi connectivity index (χ3n) is 2.85. The Morgan fingerprint density at radius 2 is 1.71 bits per heavy atom. The van der Waals surface area contributed by atoms with Crippen LogP contribution in [-0.2, 0) is 23.8 Å². The van der Waals surface area contributed by atoms with E-state index in [0.29, 0.717) is 0 Å². The Kier molecular flexibility index (Phi) is 8.45. The number of rotatable bonds is 9.